The number of aromatic nitrogens is 2. The van der Waals surface area contributed by atoms with Crippen molar-refractivity contribution >= 4 is 34.6 Å². The number of ether oxygens (including phenoxy) is 1. The number of anilines is 2. The quantitative estimate of drug-likeness (QED) is 0.433. The molecular formula is C27H33N5O2S. The van der Waals surface area contributed by atoms with Crippen LogP contribution in [-0.4, -0.2) is 34.3 Å². The number of hydrogen-bond donors (Lipinski definition) is 2. The first-order valence-electron chi connectivity index (χ1n) is 11.9. The predicted octanol–water partition coefficient (Wildman–Crippen LogP) is 4.98. The number of aryl methyl sites for hydroxylation is 2. The summed E-state index contributed by atoms with van der Waals surface area (Å²) < 4.78 is 7.64. The van der Waals surface area contributed by atoms with Gasteiger partial charge in [0.05, 0.1) is 24.4 Å². The minimum absolute atomic E-state index is 0.00389. The average Bonchev–Trinajstić information content (AvgIpc) is 3.34. The van der Waals surface area contributed by atoms with Gasteiger partial charge in [0.15, 0.2) is 5.11 Å². The zero-order valence-corrected chi connectivity index (χ0v) is 21.8. The van der Waals surface area contributed by atoms with Crippen molar-refractivity contribution in [1.82, 2.24) is 14.9 Å². The van der Waals surface area contributed by atoms with Gasteiger partial charge in [0.2, 0.25) is 5.91 Å². The fourth-order valence-corrected chi connectivity index (χ4v) is 5.13. The molecule has 8 heteroatoms. The molecule has 0 aliphatic carbocycles. The van der Waals surface area contributed by atoms with E-state index < -0.39 is 0 Å². The highest BCUT2D eigenvalue weighted by Crippen LogP contribution is 2.43. The summed E-state index contributed by atoms with van der Waals surface area (Å²) in [7, 11) is 1.72. The number of pyridine rings is 1. The van der Waals surface area contributed by atoms with E-state index >= 15 is 0 Å². The third kappa shape index (κ3) is 4.94. The molecule has 1 aliphatic rings. The lowest BCUT2D eigenvalue weighted by Crippen LogP contribution is -2.29. The highest BCUT2D eigenvalue weighted by molar-refractivity contribution is 7.80. The van der Waals surface area contributed by atoms with Crippen LogP contribution in [0.4, 0.5) is 11.4 Å². The van der Waals surface area contributed by atoms with Crippen LogP contribution in [0.2, 0.25) is 0 Å². The second kappa shape index (κ2) is 10.6. The van der Waals surface area contributed by atoms with E-state index in [4.69, 9.17) is 17.0 Å². The normalized spacial score (nSPS) is 17.5. The van der Waals surface area contributed by atoms with Crippen LogP contribution in [-0.2, 0) is 16.1 Å². The van der Waals surface area contributed by atoms with E-state index in [1.807, 2.05) is 50.4 Å². The molecule has 3 heterocycles. The van der Waals surface area contributed by atoms with E-state index in [0.29, 0.717) is 18.1 Å². The molecule has 0 spiro atoms. The Hall–Kier alpha value is -3.23. The monoisotopic (exact) mass is 491 g/mol. The zero-order valence-electron chi connectivity index (χ0n) is 21.0. The van der Waals surface area contributed by atoms with Crippen LogP contribution < -0.4 is 15.5 Å². The van der Waals surface area contributed by atoms with Crippen LogP contribution in [0.3, 0.4) is 0 Å². The van der Waals surface area contributed by atoms with Gasteiger partial charge in [0, 0.05) is 49.0 Å². The molecule has 0 radical (unpaired) electrons. The minimum Gasteiger partial charge on any atom is -0.383 e. The van der Waals surface area contributed by atoms with E-state index in [9.17, 15) is 4.79 Å². The number of hydrogen-bond acceptors (Lipinski definition) is 4. The summed E-state index contributed by atoms with van der Waals surface area (Å²) in [5.74, 6) is -0.00389. The first-order valence-corrected chi connectivity index (χ1v) is 12.3. The summed E-state index contributed by atoms with van der Waals surface area (Å²) in [5.41, 5.74) is 7.27. The van der Waals surface area contributed by atoms with Crippen LogP contribution in [0.25, 0.3) is 0 Å². The van der Waals surface area contributed by atoms with Gasteiger partial charge in [0.1, 0.15) is 0 Å². The molecule has 1 saturated heterocycles. The van der Waals surface area contributed by atoms with Crippen molar-refractivity contribution in [3.63, 3.8) is 0 Å². The van der Waals surface area contributed by atoms with E-state index in [2.05, 4.69) is 51.1 Å². The zero-order chi connectivity index (χ0) is 25.1. The molecule has 1 aliphatic heterocycles. The van der Waals surface area contributed by atoms with E-state index in [1.165, 1.54) is 17.0 Å². The number of nitrogens with one attached hydrogen (secondary N) is 2. The Morgan fingerprint density at radius 3 is 2.66 bits per heavy atom. The Kier molecular flexibility index (Phi) is 7.52. The van der Waals surface area contributed by atoms with E-state index in [-0.39, 0.29) is 18.0 Å². The molecule has 184 valence electrons. The largest absolute Gasteiger partial charge is 0.383 e. The van der Waals surface area contributed by atoms with Crippen LogP contribution in [0.1, 0.15) is 53.6 Å². The molecule has 0 saturated carbocycles. The number of carbonyl (C=O) groups is 1. The molecule has 35 heavy (non-hydrogen) atoms. The number of nitrogens with zero attached hydrogens (tertiary/aromatic N) is 3. The Labute approximate surface area is 212 Å². The summed E-state index contributed by atoms with van der Waals surface area (Å²) >= 11 is 5.88. The highest BCUT2D eigenvalue weighted by atomic mass is 32.1. The predicted molar refractivity (Wildman–Crippen MR) is 144 cm³/mol. The first-order chi connectivity index (χ1) is 16.8. The number of amides is 1. The number of rotatable bonds is 8. The lowest BCUT2D eigenvalue weighted by Gasteiger charge is -2.29. The number of methoxy groups -OCH3 is 1. The topological polar surface area (TPSA) is 71.4 Å². The van der Waals surface area contributed by atoms with Crippen LogP contribution in [0.5, 0.6) is 0 Å². The van der Waals surface area contributed by atoms with Gasteiger partial charge in [-0.3, -0.25) is 9.78 Å². The SMILES string of the molecule is CCC(=O)Nc1ccc(N2C(=S)N[C@H](c3ccccn3)[C@H]2c2cc(C)n(CCOC)c2C)cc1C. The fourth-order valence-electron chi connectivity index (χ4n) is 4.78. The maximum Gasteiger partial charge on any atom is 0.224 e. The first kappa shape index (κ1) is 24.9. The van der Waals surface area contributed by atoms with Gasteiger partial charge in [-0.15, -0.1) is 0 Å². The van der Waals surface area contributed by atoms with Crippen molar-refractivity contribution in [2.45, 2.75) is 52.7 Å². The third-order valence-corrected chi connectivity index (χ3v) is 6.95. The molecule has 7 nitrogen and oxygen atoms in total. The van der Waals surface area contributed by atoms with Crippen LogP contribution in [0, 0.1) is 20.8 Å². The van der Waals surface area contributed by atoms with Gasteiger partial charge in [0.25, 0.3) is 0 Å². The molecule has 2 atom stereocenters. The molecule has 2 N–H and O–H groups in total. The molecule has 2 aromatic heterocycles. The Morgan fingerprint density at radius 2 is 2.00 bits per heavy atom. The van der Waals surface area contributed by atoms with Gasteiger partial charge in [-0.05, 0) is 80.5 Å². The van der Waals surface area contributed by atoms with Crippen molar-refractivity contribution in [3.05, 3.63) is 76.9 Å². The molecule has 1 aromatic carbocycles. The Balaban J connectivity index is 1.80. The lowest BCUT2D eigenvalue weighted by atomic mass is 9.96. The maximum absolute atomic E-state index is 11.9. The molecule has 1 fully saturated rings. The van der Waals surface area contributed by atoms with Crippen molar-refractivity contribution < 1.29 is 9.53 Å². The molecule has 1 amide bonds. The summed E-state index contributed by atoms with van der Waals surface area (Å²) in [6.45, 7) is 9.57. The van der Waals surface area contributed by atoms with Crippen molar-refractivity contribution in [2.75, 3.05) is 23.9 Å². The minimum atomic E-state index is -0.111. The van der Waals surface area contributed by atoms with Crippen molar-refractivity contribution in [1.29, 1.82) is 0 Å². The van der Waals surface area contributed by atoms with Crippen molar-refractivity contribution in [3.8, 4) is 0 Å². The third-order valence-electron chi connectivity index (χ3n) is 6.63. The van der Waals surface area contributed by atoms with Gasteiger partial charge in [-0.2, -0.15) is 0 Å². The maximum atomic E-state index is 11.9. The van der Waals surface area contributed by atoms with Crippen LogP contribution >= 0.6 is 12.2 Å². The summed E-state index contributed by atoms with van der Waals surface area (Å²) in [4.78, 5) is 18.8. The molecule has 3 aromatic rings. The second-order valence-corrected chi connectivity index (χ2v) is 9.26. The fraction of sp³-hybridized carbons (Fsp3) is 0.370. The van der Waals surface area contributed by atoms with Gasteiger partial charge in [-0.1, -0.05) is 13.0 Å². The van der Waals surface area contributed by atoms with Crippen LogP contribution in [0.15, 0.2) is 48.7 Å². The van der Waals surface area contributed by atoms with Crippen molar-refractivity contribution in [2.24, 2.45) is 0 Å². The molecule has 4 rings (SSSR count). The highest BCUT2D eigenvalue weighted by Gasteiger charge is 2.42. The Morgan fingerprint density at radius 1 is 1.20 bits per heavy atom. The van der Waals surface area contributed by atoms with E-state index in [1.54, 1.807) is 7.11 Å². The van der Waals surface area contributed by atoms with Gasteiger partial charge in [-0.25, -0.2) is 0 Å². The summed E-state index contributed by atoms with van der Waals surface area (Å²) in [6, 6.07) is 14.1. The summed E-state index contributed by atoms with van der Waals surface area (Å²) in [6.07, 6.45) is 2.25. The Bertz CT molecular complexity index is 1220. The molecular weight excluding hydrogens is 458 g/mol. The molecule has 0 bridgehead atoms. The second-order valence-electron chi connectivity index (χ2n) is 8.87. The number of benzene rings is 1. The summed E-state index contributed by atoms with van der Waals surface area (Å²) in [5, 5.41) is 7.16. The van der Waals surface area contributed by atoms with Gasteiger partial charge >= 0.3 is 0 Å². The smallest absolute Gasteiger partial charge is 0.224 e. The van der Waals surface area contributed by atoms with Gasteiger partial charge < -0.3 is 24.8 Å². The molecule has 0 unspecified atom stereocenters. The number of carbonyl (C=O) groups excluding carboxylic acids is 1. The number of thiocarbonyl (C=S) groups is 1. The van der Waals surface area contributed by atoms with E-state index in [0.717, 1.165) is 29.2 Å². The lowest BCUT2D eigenvalue weighted by molar-refractivity contribution is -0.115. The standard InChI is InChI=1S/C27H33N5O2S/c1-6-24(33)29-22-11-10-20(15-17(22)2)32-26(21-16-18(3)31(19(21)4)13-14-34-5)25(30-27(32)35)23-9-7-8-12-28-23/h7-12,15-16,25-26H,6,13-14H2,1-5H3,(H,29,33)(H,30,35)/t25-,26-/m1/s1. The average molecular weight is 492 g/mol.